The maximum atomic E-state index is 9.18. The lowest BCUT2D eigenvalue weighted by molar-refractivity contribution is 0.284. The first-order chi connectivity index (χ1) is 8.10. The van der Waals surface area contributed by atoms with Crippen molar-refractivity contribution in [2.24, 2.45) is 5.92 Å². The second-order valence-electron chi connectivity index (χ2n) is 4.96. The van der Waals surface area contributed by atoms with E-state index in [0.29, 0.717) is 0 Å². The highest BCUT2D eigenvalue weighted by Gasteiger charge is 2.22. The van der Waals surface area contributed by atoms with Crippen molar-refractivity contribution in [2.75, 3.05) is 38.6 Å². The highest BCUT2D eigenvalue weighted by molar-refractivity contribution is 7.15. The molecule has 5 heteroatoms. The molecule has 0 radical (unpaired) electrons. The van der Waals surface area contributed by atoms with Gasteiger partial charge < -0.3 is 14.9 Å². The van der Waals surface area contributed by atoms with E-state index >= 15 is 0 Å². The number of nitrogens with zero attached hydrogens (tertiary/aromatic N) is 3. The van der Waals surface area contributed by atoms with Gasteiger partial charge in [0.25, 0.3) is 0 Å². The summed E-state index contributed by atoms with van der Waals surface area (Å²) in [6, 6.07) is 0. The molecule has 2 heterocycles. The first-order valence-corrected chi connectivity index (χ1v) is 6.88. The van der Waals surface area contributed by atoms with Crippen molar-refractivity contribution in [3.05, 3.63) is 10.6 Å². The van der Waals surface area contributed by atoms with Gasteiger partial charge in [-0.25, -0.2) is 4.98 Å². The second kappa shape index (κ2) is 5.33. The fourth-order valence-corrected chi connectivity index (χ4v) is 3.25. The van der Waals surface area contributed by atoms with Gasteiger partial charge in [0.1, 0.15) is 0 Å². The predicted molar refractivity (Wildman–Crippen MR) is 71.6 cm³/mol. The molecule has 17 heavy (non-hydrogen) atoms. The standard InChI is InChI=1S/C12H21N3OS/c1-9-11(8-16)17-12(13-9)15(3)7-10-4-5-14(2)6-10/h10,16H,4-8H2,1-3H3. The smallest absolute Gasteiger partial charge is 0.185 e. The fraction of sp³-hybridized carbons (Fsp3) is 0.750. The van der Waals surface area contributed by atoms with Crippen molar-refractivity contribution in [1.82, 2.24) is 9.88 Å². The molecule has 1 aromatic heterocycles. The van der Waals surface area contributed by atoms with Crippen LogP contribution >= 0.6 is 11.3 Å². The largest absolute Gasteiger partial charge is 0.391 e. The van der Waals surface area contributed by atoms with Crippen LogP contribution in [-0.2, 0) is 6.61 Å². The molecule has 0 bridgehead atoms. The topological polar surface area (TPSA) is 39.6 Å². The van der Waals surface area contributed by atoms with Crippen molar-refractivity contribution in [2.45, 2.75) is 20.0 Å². The molecule has 1 aliphatic heterocycles. The molecule has 4 nitrogen and oxygen atoms in total. The molecule has 1 N–H and O–H groups in total. The maximum Gasteiger partial charge on any atom is 0.185 e. The lowest BCUT2D eigenvalue weighted by Gasteiger charge is -2.20. The normalized spacial score (nSPS) is 21.1. The number of anilines is 1. The lowest BCUT2D eigenvalue weighted by Crippen LogP contribution is -2.27. The van der Waals surface area contributed by atoms with Crippen molar-refractivity contribution >= 4 is 16.5 Å². The Morgan fingerprint density at radius 2 is 2.35 bits per heavy atom. The summed E-state index contributed by atoms with van der Waals surface area (Å²) < 4.78 is 0. The molecule has 1 saturated heterocycles. The Morgan fingerprint density at radius 3 is 2.88 bits per heavy atom. The van der Waals surface area contributed by atoms with E-state index in [0.717, 1.165) is 28.2 Å². The van der Waals surface area contributed by atoms with Crippen LogP contribution in [0.4, 0.5) is 5.13 Å². The third kappa shape index (κ3) is 2.97. The molecule has 1 aliphatic rings. The Bertz CT molecular complexity index is 380. The third-order valence-electron chi connectivity index (χ3n) is 3.37. The van der Waals surface area contributed by atoms with Crippen molar-refractivity contribution < 1.29 is 5.11 Å². The number of thiazole rings is 1. The highest BCUT2D eigenvalue weighted by Crippen LogP contribution is 2.26. The summed E-state index contributed by atoms with van der Waals surface area (Å²) in [4.78, 5) is 10.1. The summed E-state index contributed by atoms with van der Waals surface area (Å²) in [5.74, 6) is 0.742. The first-order valence-electron chi connectivity index (χ1n) is 6.07. The van der Waals surface area contributed by atoms with Crippen LogP contribution in [-0.4, -0.2) is 48.7 Å². The van der Waals surface area contributed by atoms with Gasteiger partial charge in [-0.05, 0) is 32.9 Å². The highest BCUT2D eigenvalue weighted by atomic mass is 32.1. The van der Waals surface area contributed by atoms with Gasteiger partial charge >= 0.3 is 0 Å². The lowest BCUT2D eigenvalue weighted by atomic mass is 10.1. The maximum absolute atomic E-state index is 9.18. The molecular weight excluding hydrogens is 234 g/mol. The molecule has 0 amide bonds. The number of likely N-dealkylation sites (tertiary alicyclic amines) is 1. The van der Waals surface area contributed by atoms with Crippen LogP contribution in [0.1, 0.15) is 17.0 Å². The van der Waals surface area contributed by atoms with Gasteiger partial charge in [-0.1, -0.05) is 11.3 Å². The van der Waals surface area contributed by atoms with Crippen LogP contribution in [0.15, 0.2) is 0 Å². The number of aromatic nitrogens is 1. The summed E-state index contributed by atoms with van der Waals surface area (Å²) in [6.07, 6.45) is 1.28. The van der Waals surface area contributed by atoms with E-state index < -0.39 is 0 Å². The minimum atomic E-state index is 0.101. The number of aryl methyl sites for hydroxylation is 1. The zero-order valence-electron chi connectivity index (χ0n) is 10.8. The van der Waals surface area contributed by atoms with E-state index in [1.807, 2.05) is 6.92 Å². The van der Waals surface area contributed by atoms with Gasteiger partial charge in [0, 0.05) is 20.1 Å². The first kappa shape index (κ1) is 12.8. The molecule has 0 saturated carbocycles. The van der Waals surface area contributed by atoms with E-state index in [-0.39, 0.29) is 6.61 Å². The van der Waals surface area contributed by atoms with Crippen LogP contribution in [0.2, 0.25) is 0 Å². The molecule has 0 aromatic carbocycles. The minimum Gasteiger partial charge on any atom is -0.391 e. The minimum absolute atomic E-state index is 0.101. The number of aliphatic hydroxyl groups excluding tert-OH is 1. The predicted octanol–water partition coefficient (Wildman–Crippen LogP) is 1.33. The van der Waals surface area contributed by atoms with E-state index in [9.17, 15) is 5.11 Å². The van der Waals surface area contributed by atoms with Gasteiger partial charge in [-0.3, -0.25) is 0 Å². The zero-order chi connectivity index (χ0) is 12.4. The quantitative estimate of drug-likeness (QED) is 0.881. The summed E-state index contributed by atoms with van der Waals surface area (Å²) >= 11 is 1.60. The summed E-state index contributed by atoms with van der Waals surface area (Å²) in [5, 5.41) is 10.2. The molecule has 1 atom stereocenters. The number of rotatable bonds is 4. The van der Waals surface area contributed by atoms with Gasteiger partial charge in [0.05, 0.1) is 17.2 Å². The Morgan fingerprint density at radius 1 is 1.59 bits per heavy atom. The average molecular weight is 255 g/mol. The number of aliphatic hydroxyl groups is 1. The summed E-state index contributed by atoms with van der Waals surface area (Å²) in [5.41, 5.74) is 0.961. The second-order valence-corrected chi connectivity index (χ2v) is 6.02. The Labute approximate surface area is 107 Å². The van der Waals surface area contributed by atoms with Crippen LogP contribution in [0.25, 0.3) is 0 Å². The number of hydrogen-bond donors (Lipinski definition) is 1. The van der Waals surface area contributed by atoms with Gasteiger partial charge in [-0.15, -0.1) is 0 Å². The molecule has 1 aromatic rings. The third-order valence-corrected chi connectivity index (χ3v) is 4.63. The van der Waals surface area contributed by atoms with Gasteiger partial charge in [0.15, 0.2) is 5.13 Å². The Balaban J connectivity index is 1.96. The molecule has 0 spiro atoms. The molecular formula is C12H21N3OS. The Kier molecular flexibility index (Phi) is 4.01. The fourth-order valence-electron chi connectivity index (χ4n) is 2.36. The summed E-state index contributed by atoms with van der Waals surface area (Å²) in [6.45, 7) is 5.51. The molecule has 0 aliphatic carbocycles. The monoisotopic (exact) mass is 255 g/mol. The molecule has 1 fully saturated rings. The zero-order valence-corrected chi connectivity index (χ0v) is 11.6. The van der Waals surface area contributed by atoms with Crippen molar-refractivity contribution in [3.8, 4) is 0 Å². The van der Waals surface area contributed by atoms with Crippen LogP contribution in [0.5, 0.6) is 0 Å². The van der Waals surface area contributed by atoms with Crippen LogP contribution in [0, 0.1) is 12.8 Å². The average Bonchev–Trinajstić information content (AvgIpc) is 2.85. The van der Waals surface area contributed by atoms with Crippen molar-refractivity contribution in [1.29, 1.82) is 0 Å². The van der Waals surface area contributed by atoms with Crippen LogP contribution in [0.3, 0.4) is 0 Å². The van der Waals surface area contributed by atoms with Gasteiger partial charge in [-0.2, -0.15) is 0 Å². The van der Waals surface area contributed by atoms with E-state index in [2.05, 4.69) is 28.9 Å². The van der Waals surface area contributed by atoms with E-state index in [1.54, 1.807) is 11.3 Å². The van der Waals surface area contributed by atoms with E-state index in [1.165, 1.54) is 19.5 Å². The SMILES string of the molecule is Cc1nc(N(C)CC2CCN(C)C2)sc1CO. The molecule has 2 rings (SSSR count). The summed E-state index contributed by atoms with van der Waals surface area (Å²) in [7, 11) is 4.27. The van der Waals surface area contributed by atoms with Gasteiger partial charge in [0.2, 0.25) is 0 Å². The molecule has 1 unspecified atom stereocenters. The van der Waals surface area contributed by atoms with E-state index in [4.69, 9.17) is 0 Å². The van der Waals surface area contributed by atoms with Crippen molar-refractivity contribution in [3.63, 3.8) is 0 Å². The molecule has 96 valence electrons. The Hall–Kier alpha value is -0.650. The van der Waals surface area contributed by atoms with Crippen LogP contribution < -0.4 is 4.90 Å². The number of hydrogen-bond acceptors (Lipinski definition) is 5.